The van der Waals surface area contributed by atoms with Crippen LogP contribution in [0, 0.1) is 13.8 Å². The van der Waals surface area contributed by atoms with Gasteiger partial charge in [-0.2, -0.15) is 0 Å². The van der Waals surface area contributed by atoms with Crippen molar-refractivity contribution in [3.63, 3.8) is 0 Å². The molecule has 2 rings (SSSR count). The minimum atomic E-state index is -0.215. The number of hydrogen-bond acceptors (Lipinski definition) is 4. The largest absolute Gasteiger partial charge is 0.300 e. The molecule has 0 fully saturated rings. The number of Topliss-reactive ketones (excluding diaryl/α,β-unsaturated/α-hetero) is 2. The summed E-state index contributed by atoms with van der Waals surface area (Å²) in [6.45, 7) is 8.71. The molecule has 0 N–H and O–H groups in total. The quantitative estimate of drug-likeness (QED) is 0.755. The molecule has 1 atom stereocenters. The average molecular weight is 381 g/mol. The van der Waals surface area contributed by atoms with Crippen LogP contribution >= 0.6 is 23.2 Å². The lowest BCUT2D eigenvalue weighted by Gasteiger charge is -2.08. The fourth-order valence-corrected chi connectivity index (χ4v) is 2.66. The lowest BCUT2D eigenvalue weighted by molar-refractivity contribution is -0.118. The Morgan fingerprint density at radius 3 is 1.96 bits per heavy atom. The Hall–Kier alpha value is -1.78. The first-order valence-electron chi connectivity index (χ1n) is 7.84. The van der Waals surface area contributed by atoms with Crippen molar-refractivity contribution < 1.29 is 9.59 Å². The number of pyridine rings is 2. The molecular weight excluding hydrogens is 359 g/mol. The molecule has 2 aromatic rings. The Morgan fingerprint density at radius 2 is 1.52 bits per heavy atom. The summed E-state index contributed by atoms with van der Waals surface area (Å²) in [5.41, 5.74) is 3.34. The standard InChI is InChI=1S/C10H12ClNO.C9H10ClNO/c1-6-4-9(11)10(12-5-6)7(2)8(3)13;1-6-3-8(10)9(11-5-6)4-7(2)12/h4-5,7H,1-3H3;3,5H,4H2,1-2H3. The summed E-state index contributed by atoms with van der Waals surface area (Å²) < 4.78 is 0. The summed E-state index contributed by atoms with van der Waals surface area (Å²) in [6, 6.07) is 3.64. The maximum absolute atomic E-state index is 11.1. The van der Waals surface area contributed by atoms with Gasteiger partial charge in [0, 0.05) is 18.8 Å². The van der Waals surface area contributed by atoms with Gasteiger partial charge in [-0.1, -0.05) is 23.2 Å². The van der Waals surface area contributed by atoms with Gasteiger partial charge in [0.15, 0.2) is 0 Å². The van der Waals surface area contributed by atoms with Crippen LogP contribution in [0.25, 0.3) is 0 Å². The van der Waals surface area contributed by atoms with E-state index in [1.165, 1.54) is 6.92 Å². The molecule has 2 heterocycles. The van der Waals surface area contributed by atoms with E-state index in [9.17, 15) is 9.59 Å². The van der Waals surface area contributed by atoms with Crippen LogP contribution in [-0.4, -0.2) is 21.5 Å². The van der Waals surface area contributed by atoms with Crippen LogP contribution in [0.3, 0.4) is 0 Å². The molecule has 0 aromatic carbocycles. The Morgan fingerprint density at radius 1 is 1.00 bits per heavy atom. The van der Waals surface area contributed by atoms with Gasteiger partial charge in [-0.05, 0) is 57.9 Å². The SMILES string of the molecule is CC(=O)C(C)c1ncc(C)cc1Cl.CC(=O)Cc1ncc(C)cc1Cl. The minimum Gasteiger partial charge on any atom is -0.300 e. The second kappa shape index (κ2) is 9.64. The molecule has 0 saturated carbocycles. The molecule has 0 radical (unpaired) electrons. The van der Waals surface area contributed by atoms with E-state index in [0.29, 0.717) is 27.9 Å². The monoisotopic (exact) mass is 380 g/mol. The third kappa shape index (κ3) is 6.92. The summed E-state index contributed by atoms with van der Waals surface area (Å²) in [6.07, 6.45) is 3.75. The van der Waals surface area contributed by atoms with E-state index in [4.69, 9.17) is 23.2 Å². The summed E-state index contributed by atoms with van der Waals surface area (Å²) in [4.78, 5) is 30.0. The number of rotatable bonds is 4. The Labute approximate surface area is 158 Å². The number of nitrogens with zero attached hydrogens (tertiary/aromatic N) is 2. The van der Waals surface area contributed by atoms with Crippen LogP contribution in [0.4, 0.5) is 0 Å². The van der Waals surface area contributed by atoms with Crippen LogP contribution < -0.4 is 0 Å². The van der Waals surface area contributed by atoms with E-state index in [-0.39, 0.29) is 17.5 Å². The molecule has 4 nitrogen and oxygen atoms in total. The second-order valence-corrected chi connectivity index (χ2v) is 6.85. The predicted octanol–water partition coefficient (Wildman–Crippen LogP) is 4.91. The molecular formula is C19H22Cl2N2O2. The molecule has 0 amide bonds. The van der Waals surface area contributed by atoms with Gasteiger partial charge in [-0.25, -0.2) is 0 Å². The van der Waals surface area contributed by atoms with E-state index in [0.717, 1.165) is 11.1 Å². The van der Waals surface area contributed by atoms with Gasteiger partial charge >= 0.3 is 0 Å². The molecule has 0 aliphatic carbocycles. The highest BCUT2D eigenvalue weighted by molar-refractivity contribution is 6.31. The smallest absolute Gasteiger partial charge is 0.138 e. The van der Waals surface area contributed by atoms with Crippen molar-refractivity contribution in [3.05, 3.63) is 57.1 Å². The van der Waals surface area contributed by atoms with Crippen molar-refractivity contribution in [3.8, 4) is 0 Å². The summed E-state index contributed by atoms with van der Waals surface area (Å²) >= 11 is 11.8. The molecule has 134 valence electrons. The van der Waals surface area contributed by atoms with Gasteiger partial charge in [0.05, 0.1) is 27.4 Å². The van der Waals surface area contributed by atoms with E-state index < -0.39 is 0 Å². The highest BCUT2D eigenvalue weighted by atomic mass is 35.5. The number of aryl methyl sites for hydroxylation is 2. The van der Waals surface area contributed by atoms with Crippen molar-refractivity contribution in [1.29, 1.82) is 0 Å². The van der Waals surface area contributed by atoms with Crippen molar-refractivity contribution in [2.45, 2.75) is 47.0 Å². The van der Waals surface area contributed by atoms with Crippen molar-refractivity contribution in [2.75, 3.05) is 0 Å². The van der Waals surface area contributed by atoms with Crippen molar-refractivity contribution >= 4 is 34.8 Å². The first-order valence-corrected chi connectivity index (χ1v) is 8.60. The van der Waals surface area contributed by atoms with Crippen molar-refractivity contribution in [1.82, 2.24) is 9.97 Å². The summed E-state index contributed by atoms with van der Waals surface area (Å²) in [5.74, 6) is -0.0559. The van der Waals surface area contributed by atoms with E-state index in [1.807, 2.05) is 32.9 Å². The number of carbonyl (C=O) groups is 2. The zero-order valence-electron chi connectivity index (χ0n) is 15.1. The van der Waals surface area contributed by atoms with E-state index in [1.54, 1.807) is 19.3 Å². The average Bonchev–Trinajstić information content (AvgIpc) is 2.50. The third-order valence-corrected chi connectivity index (χ3v) is 4.13. The minimum absolute atomic E-state index is 0.0771. The molecule has 25 heavy (non-hydrogen) atoms. The van der Waals surface area contributed by atoms with Gasteiger partial charge in [-0.3, -0.25) is 19.6 Å². The topological polar surface area (TPSA) is 59.9 Å². The van der Waals surface area contributed by atoms with Gasteiger partial charge in [0.25, 0.3) is 0 Å². The predicted molar refractivity (Wildman–Crippen MR) is 101 cm³/mol. The molecule has 0 spiro atoms. The lowest BCUT2D eigenvalue weighted by Crippen LogP contribution is -2.07. The first-order chi connectivity index (χ1) is 11.6. The van der Waals surface area contributed by atoms with Crippen LogP contribution in [0.2, 0.25) is 10.0 Å². The fourth-order valence-electron chi connectivity index (χ4n) is 1.98. The Bertz CT molecular complexity index is 776. The highest BCUT2D eigenvalue weighted by Crippen LogP contribution is 2.23. The Kier molecular flexibility index (Phi) is 8.20. The maximum atomic E-state index is 11.1. The second-order valence-electron chi connectivity index (χ2n) is 6.03. The van der Waals surface area contributed by atoms with Gasteiger partial charge < -0.3 is 0 Å². The molecule has 0 bridgehead atoms. The van der Waals surface area contributed by atoms with E-state index >= 15 is 0 Å². The molecule has 0 saturated heterocycles. The first kappa shape index (κ1) is 21.3. The van der Waals surface area contributed by atoms with Gasteiger partial charge in [0.2, 0.25) is 0 Å². The molecule has 2 aromatic heterocycles. The molecule has 1 unspecified atom stereocenters. The van der Waals surface area contributed by atoms with Crippen LogP contribution in [0.15, 0.2) is 24.5 Å². The summed E-state index contributed by atoms with van der Waals surface area (Å²) in [7, 11) is 0. The zero-order valence-corrected chi connectivity index (χ0v) is 16.6. The fraction of sp³-hybridized carbons (Fsp3) is 0.368. The molecule has 0 aliphatic rings. The lowest BCUT2D eigenvalue weighted by atomic mass is 10.0. The number of halogens is 2. The molecule has 6 heteroatoms. The van der Waals surface area contributed by atoms with Crippen LogP contribution in [0.5, 0.6) is 0 Å². The van der Waals surface area contributed by atoms with Crippen LogP contribution in [-0.2, 0) is 16.0 Å². The van der Waals surface area contributed by atoms with Crippen LogP contribution in [0.1, 0.15) is 49.2 Å². The number of carbonyl (C=O) groups excluding carboxylic acids is 2. The van der Waals surface area contributed by atoms with Crippen molar-refractivity contribution in [2.24, 2.45) is 0 Å². The normalized spacial score (nSPS) is 11.3. The zero-order chi connectivity index (χ0) is 19.1. The Balaban J connectivity index is 0.000000251. The number of hydrogen-bond donors (Lipinski definition) is 0. The highest BCUT2D eigenvalue weighted by Gasteiger charge is 2.15. The third-order valence-electron chi connectivity index (χ3n) is 3.50. The number of aromatic nitrogens is 2. The van der Waals surface area contributed by atoms with E-state index in [2.05, 4.69) is 9.97 Å². The van der Waals surface area contributed by atoms with Gasteiger partial charge in [-0.15, -0.1) is 0 Å². The number of ketones is 2. The maximum Gasteiger partial charge on any atom is 0.138 e. The van der Waals surface area contributed by atoms with Gasteiger partial charge in [0.1, 0.15) is 11.6 Å². The summed E-state index contributed by atoms with van der Waals surface area (Å²) in [5, 5.41) is 1.15. The molecule has 0 aliphatic heterocycles.